The number of hydrogen-bond donors (Lipinski definition) is 2. The standard InChI is InChI=1S/C20H35N5O2.HI/c1-5-16(2)23-20(22-15-19(26)24(3)4)21-14-17(18-10-9-13-27-18)25-11-7-6-8-12-25;/h9-10,13,16-17H,5-8,11-12,14-15H2,1-4H3,(H2,21,22,23);1H. The van der Waals surface area contributed by atoms with E-state index in [-0.39, 0.29) is 48.5 Å². The molecular weight excluding hydrogens is 469 g/mol. The minimum Gasteiger partial charge on any atom is -0.468 e. The van der Waals surface area contributed by atoms with E-state index in [0.29, 0.717) is 12.5 Å². The zero-order valence-corrected chi connectivity index (χ0v) is 19.9. The van der Waals surface area contributed by atoms with Gasteiger partial charge in [-0.05, 0) is 51.4 Å². The highest BCUT2D eigenvalue weighted by atomic mass is 127. The summed E-state index contributed by atoms with van der Waals surface area (Å²) in [6, 6.07) is 4.42. The molecule has 2 rings (SSSR count). The van der Waals surface area contributed by atoms with Gasteiger partial charge in [0.05, 0.1) is 12.3 Å². The van der Waals surface area contributed by atoms with Crippen LogP contribution in [0.5, 0.6) is 0 Å². The molecule has 1 aliphatic rings. The molecule has 160 valence electrons. The summed E-state index contributed by atoms with van der Waals surface area (Å²) >= 11 is 0. The molecule has 0 bridgehead atoms. The third kappa shape index (κ3) is 7.98. The van der Waals surface area contributed by atoms with Crippen molar-refractivity contribution in [2.75, 3.05) is 40.3 Å². The Morgan fingerprint density at radius 1 is 1.32 bits per heavy atom. The third-order valence-electron chi connectivity index (χ3n) is 5.03. The number of likely N-dealkylation sites (tertiary alicyclic amines) is 1. The van der Waals surface area contributed by atoms with Crippen LogP contribution in [0.4, 0.5) is 0 Å². The molecule has 7 nitrogen and oxygen atoms in total. The predicted octanol–water partition coefficient (Wildman–Crippen LogP) is 2.85. The van der Waals surface area contributed by atoms with Crippen molar-refractivity contribution in [2.45, 2.75) is 51.6 Å². The van der Waals surface area contributed by atoms with Crippen molar-refractivity contribution in [1.29, 1.82) is 0 Å². The van der Waals surface area contributed by atoms with Crippen molar-refractivity contribution in [3.63, 3.8) is 0 Å². The number of hydrogen-bond acceptors (Lipinski definition) is 4. The molecule has 2 unspecified atom stereocenters. The third-order valence-corrected chi connectivity index (χ3v) is 5.03. The molecule has 2 atom stereocenters. The molecule has 0 spiro atoms. The molecule has 1 amide bonds. The van der Waals surface area contributed by atoms with Gasteiger partial charge in [0.1, 0.15) is 12.3 Å². The van der Waals surface area contributed by atoms with Crippen LogP contribution in [-0.2, 0) is 4.79 Å². The quantitative estimate of drug-likeness (QED) is 0.323. The van der Waals surface area contributed by atoms with E-state index in [0.717, 1.165) is 25.3 Å². The molecule has 1 aromatic rings. The number of aliphatic imine (C=N–C) groups is 1. The van der Waals surface area contributed by atoms with Gasteiger partial charge in [0.25, 0.3) is 0 Å². The van der Waals surface area contributed by atoms with Crippen LogP contribution in [0.3, 0.4) is 0 Å². The highest BCUT2D eigenvalue weighted by Crippen LogP contribution is 2.24. The predicted molar refractivity (Wildman–Crippen MR) is 124 cm³/mol. The number of nitrogens with one attached hydrogen (secondary N) is 2. The van der Waals surface area contributed by atoms with E-state index in [1.807, 2.05) is 12.1 Å². The fourth-order valence-corrected chi connectivity index (χ4v) is 3.09. The molecule has 2 heterocycles. The van der Waals surface area contributed by atoms with Crippen molar-refractivity contribution < 1.29 is 9.21 Å². The number of carbonyl (C=O) groups excluding carboxylic acids is 1. The van der Waals surface area contributed by atoms with Crippen LogP contribution in [0.25, 0.3) is 0 Å². The lowest BCUT2D eigenvalue weighted by molar-refractivity contribution is -0.127. The van der Waals surface area contributed by atoms with Crippen molar-refractivity contribution in [2.24, 2.45) is 4.99 Å². The van der Waals surface area contributed by atoms with Gasteiger partial charge in [0, 0.05) is 26.7 Å². The lowest BCUT2D eigenvalue weighted by Crippen LogP contribution is -2.47. The molecule has 0 aromatic carbocycles. The lowest BCUT2D eigenvalue weighted by Gasteiger charge is -2.34. The zero-order valence-electron chi connectivity index (χ0n) is 17.6. The Balaban J connectivity index is 0.00000392. The Labute approximate surface area is 186 Å². The Morgan fingerprint density at radius 3 is 2.61 bits per heavy atom. The monoisotopic (exact) mass is 505 g/mol. The van der Waals surface area contributed by atoms with Crippen molar-refractivity contribution in [3.05, 3.63) is 24.2 Å². The van der Waals surface area contributed by atoms with Gasteiger partial charge < -0.3 is 20.0 Å². The summed E-state index contributed by atoms with van der Waals surface area (Å²) in [5.41, 5.74) is 0. The highest BCUT2D eigenvalue weighted by Gasteiger charge is 2.24. The second-order valence-corrected chi connectivity index (χ2v) is 7.42. The molecule has 1 saturated heterocycles. The number of rotatable bonds is 8. The van der Waals surface area contributed by atoms with Gasteiger partial charge in [-0.3, -0.25) is 9.69 Å². The number of likely N-dealkylation sites (N-methyl/N-ethyl adjacent to an activating group) is 1. The Bertz CT molecular complexity index is 585. The first kappa shape index (κ1) is 24.7. The number of furan rings is 1. The summed E-state index contributed by atoms with van der Waals surface area (Å²) in [6.45, 7) is 7.22. The van der Waals surface area contributed by atoms with E-state index in [2.05, 4.69) is 34.4 Å². The Kier molecular flexibility index (Phi) is 11.5. The fraction of sp³-hybridized carbons (Fsp3) is 0.700. The summed E-state index contributed by atoms with van der Waals surface area (Å²) in [5, 5.41) is 6.81. The van der Waals surface area contributed by atoms with Gasteiger partial charge in [-0.1, -0.05) is 13.3 Å². The summed E-state index contributed by atoms with van der Waals surface area (Å²) in [4.78, 5) is 20.4. The first-order chi connectivity index (χ1) is 13.0. The van der Waals surface area contributed by atoms with Crippen LogP contribution in [-0.4, -0.2) is 68.0 Å². The molecule has 0 radical (unpaired) electrons. The van der Waals surface area contributed by atoms with Gasteiger partial charge in [-0.25, -0.2) is 4.99 Å². The minimum atomic E-state index is -0.0149. The fourth-order valence-electron chi connectivity index (χ4n) is 3.09. The summed E-state index contributed by atoms with van der Waals surface area (Å²) in [5.74, 6) is 1.63. The van der Waals surface area contributed by atoms with E-state index in [4.69, 9.17) is 4.42 Å². The van der Waals surface area contributed by atoms with Crippen LogP contribution < -0.4 is 10.6 Å². The molecule has 0 aliphatic carbocycles. The maximum absolute atomic E-state index is 11.9. The topological polar surface area (TPSA) is 73.1 Å². The number of piperidine rings is 1. The molecular formula is C20H36IN5O2. The van der Waals surface area contributed by atoms with E-state index in [1.54, 1.807) is 25.3 Å². The number of halogens is 1. The van der Waals surface area contributed by atoms with E-state index >= 15 is 0 Å². The Hall–Kier alpha value is -1.29. The SMILES string of the molecule is CCC(C)NC(=NCC(=O)N(C)C)NCC(c1ccco1)N1CCCCC1.I. The number of nitrogens with zero attached hydrogens (tertiary/aromatic N) is 3. The molecule has 28 heavy (non-hydrogen) atoms. The van der Waals surface area contributed by atoms with Crippen molar-refractivity contribution >= 4 is 35.8 Å². The van der Waals surface area contributed by atoms with Crippen LogP contribution in [0.1, 0.15) is 51.3 Å². The van der Waals surface area contributed by atoms with Crippen molar-refractivity contribution in [1.82, 2.24) is 20.4 Å². The normalized spacial score (nSPS) is 17.4. The summed E-state index contributed by atoms with van der Waals surface area (Å²) in [6.07, 6.45) is 6.45. The molecule has 2 N–H and O–H groups in total. The average molecular weight is 505 g/mol. The average Bonchev–Trinajstić information content (AvgIpc) is 3.20. The molecule has 1 fully saturated rings. The lowest BCUT2D eigenvalue weighted by atomic mass is 10.1. The van der Waals surface area contributed by atoms with E-state index in [9.17, 15) is 4.79 Å². The second-order valence-electron chi connectivity index (χ2n) is 7.42. The van der Waals surface area contributed by atoms with E-state index < -0.39 is 0 Å². The molecule has 1 aromatic heterocycles. The Morgan fingerprint density at radius 2 is 2.04 bits per heavy atom. The molecule has 8 heteroatoms. The largest absolute Gasteiger partial charge is 0.468 e. The maximum Gasteiger partial charge on any atom is 0.243 e. The maximum atomic E-state index is 11.9. The number of amides is 1. The summed E-state index contributed by atoms with van der Waals surface area (Å²) in [7, 11) is 3.49. The van der Waals surface area contributed by atoms with E-state index in [1.165, 1.54) is 19.3 Å². The van der Waals surface area contributed by atoms with Gasteiger partial charge in [-0.15, -0.1) is 24.0 Å². The number of carbonyl (C=O) groups is 1. The van der Waals surface area contributed by atoms with Crippen LogP contribution in [0, 0.1) is 0 Å². The highest BCUT2D eigenvalue weighted by molar-refractivity contribution is 14.0. The van der Waals surface area contributed by atoms with Crippen LogP contribution >= 0.6 is 24.0 Å². The van der Waals surface area contributed by atoms with Crippen LogP contribution in [0.15, 0.2) is 27.8 Å². The van der Waals surface area contributed by atoms with Gasteiger partial charge >= 0.3 is 0 Å². The zero-order chi connectivity index (χ0) is 19.6. The smallest absolute Gasteiger partial charge is 0.243 e. The summed E-state index contributed by atoms with van der Waals surface area (Å²) < 4.78 is 5.71. The van der Waals surface area contributed by atoms with Gasteiger partial charge in [0.15, 0.2) is 5.96 Å². The van der Waals surface area contributed by atoms with Gasteiger partial charge in [0.2, 0.25) is 5.91 Å². The minimum absolute atomic E-state index is 0. The van der Waals surface area contributed by atoms with Crippen LogP contribution in [0.2, 0.25) is 0 Å². The molecule has 1 aliphatic heterocycles. The molecule has 0 saturated carbocycles. The first-order valence-electron chi connectivity index (χ1n) is 10.0. The first-order valence-corrected chi connectivity index (χ1v) is 10.0. The van der Waals surface area contributed by atoms with Gasteiger partial charge in [-0.2, -0.15) is 0 Å². The van der Waals surface area contributed by atoms with Crippen molar-refractivity contribution in [3.8, 4) is 0 Å². The number of guanidine groups is 1. The second kappa shape index (κ2) is 13.0.